The van der Waals surface area contributed by atoms with Crippen molar-refractivity contribution in [3.8, 4) is 0 Å². The number of amides is 1. The molecule has 8 nitrogen and oxygen atoms in total. The van der Waals surface area contributed by atoms with Crippen LogP contribution >= 0.6 is 0 Å². The van der Waals surface area contributed by atoms with Gasteiger partial charge in [0.25, 0.3) is 11.7 Å². The number of hydrogen-bond acceptors (Lipinski definition) is 6. The fourth-order valence-electron chi connectivity index (χ4n) is 1.19. The van der Waals surface area contributed by atoms with E-state index in [-0.39, 0.29) is 18.3 Å². The number of aromatic amines is 1. The summed E-state index contributed by atoms with van der Waals surface area (Å²) in [7, 11) is 2.86. The summed E-state index contributed by atoms with van der Waals surface area (Å²) in [6.45, 7) is 1.91. The third kappa shape index (κ3) is 2.75. The molecule has 0 spiro atoms. The largest absolute Gasteiger partial charge is 0.469 e. The van der Waals surface area contributed by atoms with Crippen LogP contribution in [-0.2, 0) is 9.53 Å². The maximum atomic E-state index is 11.6. The molecule has 0 saturated carbocycles. The van der Waals surface area contributed by atoms with E-state index in [9.17, 15) is 9.59 Å². The zero-order valence-corrected chi connectivity index (χ0v) is 9.30. The molecule has 1 atom stereocenters. The van der Waals surface area contributed by atoms with Crippen LogP contribution in [0.15, 0.2) is 0 Å². The number of H-pyrrole nitrogens is 1. The summed E-state index contributed by atoms with van der Waals surface area (Å²) in [5, 5.41) is 12.6. The molecule has 0 bridgehead atoms. The van der Waals surface area contributed by atoms with E-state index < -0.39 is 11.8 Å². The van der Waals surface area contributed by atoms with Crippen molar-refractivity contribution >= 4 is 11.9 Å². The van der Waals surface area contributed by atoms with E-state index in [0.29, 0.717) is 0 Å². The summed E-state index contributed by atoms with van der Waals surface area (Å²) in [6, 6.07) is 0. The van der Waals surface area contributed by atoms with Crippen LogP contribution in [0.3, 0.4) is 0 Å². The summed E-state index contributed by atoms with van der Waals surface area (Å²) >= 11 is 0. The van der Waals surface area contributed by atoms with Crippen LogP contribution in [0.2, 0.25) is 0 Å². The van der Waals surface area contributed by atoms with E-state index in [1.807, 2.05) is 0 Å². The first kappa shape index (κ1) is 12.1. The number of methoxy groups -OCH3 is 1. The number of carbonyl (C=O) groups excluding carboxylic acids is 2. The van der Waals surface area contributed by atoms with Gasteiger partial charge in [0, 0.05) is 13.6 Å². The van der Waals surface area contributed by atoms with Crippen molar-refractivity contribution in [3.05, 3.63) is 5.82 Å². The first-order valence-corrected chi connectivity index (χ1v) is 4.63. The van der Waals surface area contributed by atoms with Crippen molar-refractivity contribution in [3.63, 3.8) is 0 Å². The van der Waals surface area contributed by atoms with E-state index >= 15 is 0 Å². The number of aromatic nitrogens is 4. The Morgan fingerprint density at radius 3 is 2.75 bits per heavy atom. The quantitative estimate of drug-likeness (QED) is 0.667. The second kappa shape index (κ2) is 5.19. The first-order chi connectivity index (χ1) is 7.56. The lowest BCUT2D eigenvalue weighted by molar-refractivity contribution is -0.145. The van der Waals surface area contributed by atoms with E-state index in [1.54, 1.807) is 14.0 Å². The number of carbonyl (C=O) groups is 2. The van der Waals surface area contributed by atoms with Crippen LogP contribution in [-0.4, -0.2) is 58.1 Å². The molecule has 0 aromatic carbocycles. The van der Waals surface area contributed by atoms with Gasteiger partial charge in [-0.25, -0.2) is 0 Å². The minimum Gasteiger partial charge on any atom is -0.469 e. The minimum absolute atomic E-state index is 0.0282. The van der Waals surface area contributed by atoms with E-state index in [4.69, 9.17) is 0 Å². The van der Waals surface area contributed by atoms with Gasteiger partial charge in [0.15, 0.2) is 0 Å². The van der Waals surface area contributed by atoms with Crippen molar-refractivity contribution in [1.82, 2.24) is 25.5 Å². The van der Waals surface area contributed by atoms with Gasteiger partial charge in [-0.3, -0.25) is 9.59 Å². The molecule has 1 amide bonds. The zero-order chi connectivity index (χ0) is 12.1. The van der Waals surface area contributed by atoms with Gasteiger partial charge in [-0.1, -0.05) is 6.92 Å². The summed E-state index contributed by atoms with van der Waals surface area (Å²) in [6.07, 6.45) is 0. The number of tetrazole rings is 1. The molecule has 1 heterocycles. The average Bonchev–Trinajstić information content (AvgIpc) is 2.79. The Bertz CT molecular complexity index is 364. The maximum Gasteiger partial charge on any atom is 0.310 e. The molecule has 1 rings (SSSR count). The molecule has 0 saturated heterocycles. The Kier molecular flexibility index (Phi) is 3.92. The maximum absolute atomic E-state index is 11.6. The Morgan fingerprint density at radius 2 is 2.25 bits per heavy atom. The summed E-state index contributed by atoms with van der Waals surface area (Å²) in [5.74, 6) is -1.19. The second-order valence-corrected chi connectivity index (χ2v) is 3.35. The Hall–Kier alpha value is -1.99. The van der Waals surface area contributed by atoms with Crippen LogP contribution in [0, 0.1) is 5.92 Å². The molecule has 16 heavy (non-hydrogen) atoms. The molecule has 88 valence electrons. The number of hydrogen-bond donors (Lipinski definition) is 1. The summed E-state index contributed by atoms with van der Waals surface area (Å²) in [5.41, 5.74) is 0. The smallest absolute Gasteiger partial charge is 0.310 e. The highest BCUT2D eigenvalue weighted by molar-refractivity contribution is 5.90. The fourth-order valence-corrected chi connectivity index (χ4v) is 1.19. The Labute approximate surface area is 92.0 Å². The van der Waals surface area contributed by atoms with E-state index in [2.05, 4.69) is 25.4 Å². The summed E-state index contributed by atoms with van der Waals surface area (Å²) in [4.78, 5) is 24.1. The topological polar surface area (TPSA) is 101 Å². The molecule has 0 aliphatic rings. The lowest BCUT2D eigenvalue weighted by Crippen LogP contribution is -2.34. The third-order valence-corrected chi connectivity index (χ3v) is 2.03. The normalized spacial score (nSPS) is 11.9. The average molecular weight is 227 g/mol. The minimum atomic E-state index is -0.399. The van der Waals surface area contributed by atoms with Crippen LogP contribution in [0.1, 0.15) is 17.5 Å². The molecule has 8 heteroatoms. The van der Waals surface area contributed by atoms with Gasteiger partial charge in [-0.15, -0.1) is 10.2 Å². The highest BCUT2D eigenvalue weighted by Crippen LogP contribution is 2.03. The van der Waals surface area contributed by atoms with Crippen LogP contribution < -0.4 is 0 Å². The molecular weight excluding hydrogens is 214 g/mol. The molecule has 0 aliphatic carbocycles. The highest BCUT2D eigenvalue weighted by atomic mass is 16.5. The van der Waals surface area contributed by atoms with Crippen molar-refractivity contribution in [2.45, 2.75) is 6.92 Å². The van der Waals surface area contributed by atoms with Gasteiger partial charge >= 0.3 is 5.97 Å². The lowest BCUT2D eigenvalue weighted by atomic mass is 10.2. The van der Waals surface area contributed by atoms with Gasteiger partial charge in [-0.2, -0.15) is 5.21 Å². The van der Waals surface area contributed by atoms with Crippen molar-refractivity contribution in [1.29, 1.82) is 0 Å². The summed E-state index contributed by atoms with van der Waals surface area (Å²) < 4.78 is 4.56. The monoisotopic (exact) mass is 227 g/mol. The highest BCUT2D eigenvalue weighted by Gasteiger charge is 2.21. The van der Waals surface area contributed by atoms with Gasteiger partial charge in [0.1, 0.15) is 0 Å². The Balaban J connectivity index is 2.56. The van der Waals surface area contributed by atoms with Gasteiger partial charge in [-0.05, 0) is 5.21 Å². The number of nitrogens with one attached hydrogen (secondary N) is 1. The third-order valence-electron chi connectivity index (χ3n) is 2.03. The standard InChI is InChI=1S/C8H13N5O3/c1-5(8(15)16-3)4-13(2)7(14)6-9-11-12-10-6/h5H,4H2,1-3H3,(H,9,10,11,12). The van der Waals surface area contributed by atoms with Crippen LogP contribution in [0.4, 0.5) is 0 Å². The van der Waals surface area contributed by atoms with Crippen molar-refractivity contribution < 1.29 is 14.3 Å². The number of nitrogens with zero attached hydrogens (tertiary/aromatic N) is 4. The lowest BCUT2D eigenvalue weighted by Gasteiger charge is -2.18. The first-order valence-electron chi connectivity index (χ1n) is 4.63. The SMILES string of the molecule is COC(=O)C(C)CN(C)C(=O)c1nn[nH]n1. The molecular formula is C8H13N5O3. The second-order valence-electron chi connectivity index (χ2n) is 3.35. The molecule has 1 unspecified atom stereocenters. The predicted octanol–water partition coefficient (Wildman–Crippen LogP) is -0.919. The molecule has 0 radical (unpaired) electrons. The molecule has 0 fully saturated rings. The van der Waals surface area contributed by atoms with Gasteiger partial charge in [0.05, 0.1) is 13.0 Å². The molecule has 1 aromatic rings. The van der Waals surface area contributed by atoms with Crippen molar-refractivity contribution in [2.24, 2.45) is 5.92 Å². The van der Waals surface area contributed by atoms with Crippen LogP contribution in [0.5, 0.6) is 0 Å². The Morgan fingerprint density at radius 1 is 1.56 bits per heavy atom. The van der Waals surface area contributed by atoms with E-state index in [0.717, 1.165) is 0 Å². The molecule has 1 aromatic heterocycles. The van der Waals surface area contributed by atoms with Gasteiger partial charge < -0.3 is 9.64 Å². The zero-order valence-electron chi connectivity index (χ0n) is 9.30. The predicted molar refractivity (Wildman–Crippen MR) is 52.3 cm³/mol. The molecule has 0 aliphatic heterocycles. The van der Waals surface area contributed by atoms with Gasteiger partial charge in [0.2, 0.25) is 0 Å². The van der Waals surface area contributed by atoms with Crippen molar-refractivity contribution in [2.75, 3.05) is 20.7 Å². The van der Waals surface area contributed by atoms with E-state index in [1.165, 1.54) is 12.0 Å². The number of rotatable bonds is 4. The molecule has 1 N–H and O–H groups in total. The van der Waals surface area contributed by atoms with Crippen LogP contribution in [0.25, 0.3) is 0 Å². The number of ether oxygens (including phenoxy) is 1. The fraction of sp³-hybridized carbons (Fsp3) is 0.625. The number of esters is 1.